The van der Waals surface area contributed by atoms with Gasteiger partial charge in [0.25, 0.3) is 0 Å². The van der Waals surface area contributed by atoms with Gasteiger partial charge in [0, 0.05) is 7.11 Å². The Kier molecular flexibility index (Phi) is 6.07. The van der Waals surface area contributed by atoms with E-state index in [1.807, 2.05) is 0 Å². The number of halogens is 3. The van der Waals surface area contributed by atoms with E-state index < -0.39 is 19.7 Å². The van der Waals surface area contributed by atoms with Crippen molar-refractivity contribution in [2.24, 2.45) is 0 Å². The van der Waals surface area contributed by atoms with E-state index in [9.17, 15) is 17.9 Å². The summed E-state index contributed by atoms with van der Waals surface area (Å²) in [6.07, 6.45) is 0. The van der Waals surface area contributed by atoms with Gasteiger partial charge in [-0.3, -0.25) is 9.13 Å². The summed E-state index contributed by atoms with van der Waals surface area (Å²) >= 11 is 5.02. The fraction of sp³-hybridized carbons (Fsp3) is 1.00. The molecule has 10 heteroatoms. The second kappa shape index (κ2) is 5.89. The topological polar surface area (TPSA) is 61.8 Å². The standard InChI is InChI=1S/C6H13ClF2O5P2/c1-4-13-16(11,14-5-2)6(8,9)15(7,10)12-3/h4-5H2,1-3H3. The van der Waals surface area contributed by atoms with Crippen LogP contribution in [0.5, 0.6) is 0 Å². The lowest BCUT2D eigenvalue weighted by Gasteiger charge is -2.27. The lowest BCUT2D eigenvalue weighted by Crippen LogP contribution is -2.19. The third-order valence-corrected chi connectivity index (χ3v) is 7.38. The van der Waals surface area contributed by atoms with Crippen molar-refractivity contribution in [3.63, 3.8) is 0 Å². The van der Waals surface area contributed by atoms with E-state index >= 15 is 0 Å². The number of alkyl halides is 2. The van der Waals surface area contributed by atoms with E-state index in [4.69, 9.17) is 11.2 Å². The molecule has 0 rings (SSSR count). The molecule has 0 aromatic rings. The monoisotopic (exact) mass is 300 g/mol. The highest BCUT2D eigenvalue weighted by molar-refractivity contribution is 7.93. The van der Waals surface area contributed by atoms with Gasteiger partial charge in [-0.15, -0.1) is 0 Å². The fourth-order valence-corrected chi connectivity index (χ4v) is 4.67. The lowest BCUT2D eigenvalue weighted by atomic mass is 10.9. The molecule has 1 unspecified atom stereocenters. The molecule has 16 heavy (non-hydrogen) atoms. The molecule has 0 amide bonds. The van der Waals surface area contributed by atoms with Crippen molar-refractivity contribution in [3.05, 3.63) is 0 Å². The van der Waals surface area contributed by atoms with Gasteiger partial charge in [-0.2, -0.15) is 8.78 Å². The molecule has 0 spiro atoms. The average Bonchev–Trinajstić information content (AvgIpc) is 2.18. The molecule has 0 saturated heterocycles. The molecule has 0 aliphatic carbocycles. The first-order chi connectivity index (χ1) is 7.18. The molecule has 0 aliphatic heterocycles. The molecule has 1 atom stereocenters. The van der Waals surface area contributed by atoms with E-state index in [0.29, 0.717) is 0 Å². The summed E-state index contributed by atoms with van der Waals surface area (Å²) < 4.78 is 62.9. The molecule has 0 aromatic carbocycles. The zero-order valence-electron chi connectivity index (χ0n) is 8.98. The van der Waals surface area contributed by atoms with Crippen molar-refractivity contribution in [2.45, 2.75) is 19.3 Å². The Labute approximate surface area is 97.2 Å². The minimum atomic E-state index is -4.93. The van der Waals surface area contributed by atoms with Crippen molar-refractivity contribution in [1.82, 2.24) is 0 Å². The first-order valence-electron chi connectivity index (χ1n) is 4.31. The van der Waals surface area contributed by atoms with Crippen LogP contribution in [-0.2, 0) is 22.7 Å². The highest BCUT2D eigenvalue weighted by Crippen LogP contribution is 2.80. The first kappa shape index (κ1) is 16.5. The minimum Gasteiger partial charge on any atom is -0.316 e. The van der Waals surface area contributed by atoms with Crippen LogP contribution in [0.15, 0.2) is 0 Å². The highest BCUT2D eigenvalue weighted by atomic mass is 35.7. The first-order valence-corrected chi connectivity index (χ1v) is 8.38. The summed E-state index contributed by atoms with van der Waals surface area (Å²) in [6, 6.07) is 0. The Morgan fingerprint density at radius 2 is 1.56 bits per heavy atom. The summed E-state index contributed by atoms with van der Waals surface area (Å²) in [5.41, 5.74) is 0. The molecule has 0 radical (unpaired) electrons. The normalized spacial score (nSPS) is 17.1. The van der Waals surface area contributed by atoms with Crippen molar-refractivity contribution in [3.8, 4) is 0 Å². The molecular weight excluding hydrogens is 287 g/mol. The largest absolute Gasteiger partial charge is 0.432 e. The van der Waals surface area contributed by atoms with Crippen LogP contribution in [-0.4, -0.2) is 25.7 Å². The SMILES string of the molecule is CCOP(=O)(OCC)C(F)(F)P(=O)(Cl)OC. The van der Waals surface area contributed by atoms with Gasteiger partial charge in [-0.1, -0.05) is 0 Å². The molecule has 0 heterocycles. The third-order valence-electron chi connectivity index (χ3n) is 1.48. The van der Waals surface area contributed by atoms with Gasteiger partial charge in [0.1, 0.15) is 0 Å². The zero-order chi connectivity index (χ0) is 13.0. The molecule has 0 bridgehead atoms. The van der Waals surface area contributed by atoms with Gasteiger partial charge in [-0.25, -0.2) is 0 Å². The predicted octanol–water partition coefficient (Wildman–Crippen LogP) is 3.88. The average molecular weight is 301 g/mol. The smallest absolute Gasteiger partial charge is 0.316 e. The summed E-state index contributed by atoms with van der Waals surface area (Å²) in [7, 11) is -4.19. The number of hydrogen-bond acceptors (Lipinski definition) is 5. The maximum atomic E-state index is 13.6. The second-order valence-corrected chi connectivity index (χ2v) is 8.15. The van der Waals surface area contributed by atoms with Crippen molar-refractivity contribution in [2.75, 3.05) is 20.3 Å². The highest BCUT2D eigenvalue weighted by Gasteiger charge is 2.66. The van der Waals surface area contributed by atoms with E-state index in [0.717, 1.165) is 7.11 Å². The summed E-state index contributed by atoms with van der Waals surface area (Å²) in [6.45, 7) is -2.85. The quantitative estimate of drug-likeness (QED) is 0.668. The van der Waals surface area contributed by atoms with Gasteiger partial charge in [-0.05, 0) is 25.1 Å². The van der Waals surface area contributed by atoms with Crippen LogP contribution < -0.4 is 0 Å². The van der Waals surface area contributed by atoms with E-state index in [2.05, 4.69) is 13.6 Å². The summed E-state index contributed by atoms with van der Waals surface area (Å²) in [5.74, 6) is 0. The molecule has 0 fully saturated rings. The maximum absolute atomic E-state index is 13.6. The van der Waals surface area contributed by atoms with Crippen LogP contribution >= 0.6 is 25.6 Å². The second-order valence-electron chi connectivity index (χ2n) is 2.50. The maximum Gasteiger partial charge on any atom is 0.432 e. The molecule has 5 nitrogen and oxygen atoms in total. The van der Waals surface area contributed by atoms with Gasteiger partial charge < -0.3 is 13.6 Å². The van der Waals surface area contributed by atoms with Crippen LogP contribution in [0.2, 0.25) is 0 Å². The lowest BCUT2D eigenvalue weighted by molar-refractivity contribution is 0.0935. The van der Waals surface area contributed by atoms with Crippen LogP contribution in [0.4, 0.5) is 8.78 Å². The minimum absolute atomic E-state index is 0.298. The molecule has 0 aromatic heterocycles. The molecule has 0 saturated carbocycles. The van der Waals surface area contributed by atoms with E-state index in [-0.39, 0.29) is 13.2 Å². The van der Waals surface area contributed by atoms with Gasteiger partial charge in [0.15, 0.2) is 0 Å². The molecule has 0 aliphatic rings. The molecule has 0 N–H and O–H groups in total. The third kappa shape index (κ3) is 3.03. The van der Waals surface area contributed by atoms with Gasteiger partial charge in [0.05, 0.1) is 13.2 Å². The van der Waals surface area contributed by atoms with E-state index in [1.165, 1.54) is 13.8 Å². The Bertz CT molecular complexity index is 314. The Morgan fingerprint density at radius 1 is 1.19 bits per heavy atom. The summed E-state index contributed by atoms with van der Waals surface area (Å²) in [5, 5.41) is -4.39. The number of hydrogen-bond donors (Lipinski definition) is 0. The van der Waals surface area contributed by atoms with Crippen LogP contribution in [0.3, 0.4) is 0 Å². The Morgan fingerprint density at radius 3 is 1.81 bits per heavy atom. The van der Waals surface area contributed by atoms with Crippen LogP contribution in [0.25, 0.3) is 0 Å². The Hall–Kier alpha value is 0.490. The summed E-state index contributed by atoms with van der Waals surface area (Å²) in [4.78, 5) is 0. The predicted molar refractivity (Wildman–Crippen MR) is 56.3 cm³/mol. The fourth-order valence-electron chi connectivity index (χ4n) is 0.789. The van der Waals surface area contributed by atoms with Crippen molar-refractivity contribution < 1.29 is 31.5 Å². The van der Waals surface area contributed by atoms with Crippen LogP contribution in [0.1, 0.15) is 13.8 Å². The van der Waals surface area contributed by atoms with Crippen molar-refractivity contribution >= 4 is 25.6 Å². The van der Waals surface area contributed by atoms with Gasteiger partial charge >= 0.3 is 19.7 Å². The van der Waals surface area contributed by atoms with E-state index in [1.54, 1.807) is 0 Å². The Balaban J connectivity index is 5.36. The van der Waals surface area contributed by atoms with Gasteiger partial charge in [0.2, 0.25) is 0 Å². The zero-order valence-corrected chi connectivity index (χ0v) is 11.5. The van der Waals surface area contributed by atoms with Crippen molar-refractivity contribution in [1.29, 1.82) is 0 Å². The van der Waals surface area contributed by atoms with Crippen LogP contribution in [0, 0.1) is 0 Å². The molecule has 98 valence electrons. The molecular formula is C6H13ClF2O5P2. The number of rotatable bonds is 7.